The van der Waals surface area contributed by atoms with Gasteiger partial charge in [0, 0.05) is 25.5 Å². The maximum absolute atomic E-state index is 12.3. The second-order valence-corrected chi connectivity index (χ2v) is 6.54. The molecule has 0 saturated carbocycles. The van der Waals surface area contributed by atoms with Crippen LogP contribution in [0, 0.1) is 0 Å². The molecule has 0 aliphatic carbocycles. The van der Waals surface area contributed by atoms with Gasteiger partial charge in [-0.3, -0.25) is 14.7 Å². The minimum absolute atomic E-state index is 0.138. The maximum Gasteiger partial charge on any atom is 0.266 e. The monoisotopic (exact) mass is 397 g/mol. The van der Waals surface area contributed by atoms with Gasteiger partial charge >= 0.3 is 0 Å². The molecule has 2 aromatic rings. The summed E-state index contributed by atoms with van der Waals surface area (Å²) in [7, 11) is 1.67. The molecular weight excluding hydrogens is 390 g/mol. The molecule has 0 unspecified atom stereocenters. The van der Waals surface area contributed by atoms with E-state index in [0.29, 0.717) is 31.2 Å². The minimum atomic E-state index is -0.138. The number of aliphatic imine (C=N–C) groups is 1. The predicted octanol–water partition coefficient (Wildman–Crippen LogP) is 4.32. The van der Waals surface area contributed by atoms with Crippen LogP contribution < -0.4 is 0 Å². The summed E-state index contributed by atoms with van der Waals surface area (Å²) < 4.78 is 6.00. The average molecular weight is 399 g/mol. The van der Waals surface area contributed by atoms with E-state index in [1.807, 2.05) is 0 Å². The van der Waals surface area contributed by atoms with E-state index in [9.17, 15) is 4.79 Å². The van der Waals surface area contributed by atoms with E-state index < -0.39 is 0 Å². The highest BCUT2D eigenvalue weighted by Crippen LogP contribution is 2.34. The van der Waals surface area contributed by atoms with Crippen LogP contribution in [0.3, 0.4) is 0 Å². The van der Waals surface area contributed by atoms with E-state index >= 15 is 0 Å². The highest BCUT2D eigenvalue weighted by atomic mass is 79.9. The highest BCUT2D eigenvalue weighted by molar-refractivity contribution is 9.10. The second-order valence-electron chi connectivity index (χ2n) is 4.34. The van der Waals surface area contributed by atoms with Crippen LogP contribution in [-0.4, -0.2) is 28.0 Å². The van der Waals surface area contributed by atoms with Gasteiger partial charge in [-0.25, -0.2) is 4.99 Å². The number of pyridine rings is 1. The van der Waals surface area contributed by atoms with Gasteiger partial charge < -0.3 is 4.42 Å². The van der Waals surface area contributed by atoms with Crippen LogP contribution in [0.2, 0.25) is 5.02 Å². The zero-order valence-electron chi connectivity index (χ0n) is 11.3. The van der Waals surface area contributed by atoms with Crippen molar-refractivity contribution in [2.24, 2.45) is 4.99 Å². The number of rotatable bonds is 2. The standard InChI is InChI=1S/C14H9BrClN3O2S/c1-19-13(20)11(6-8-2-3-12(15)21-8)22-14(19)18-10-4-5-17-7-9(10)16/h2-7H,1H3/b11-6+,18-14?. The first-order valence-electron chi connectivity index (χ1n) is 6.16. The lowest BCUT2D eigenvalue weighted by Gasteiger charge is -2.07. The fraction of sp³-hybridized carbons (Fsp3) is 0.0714. The number of nitrogens with zero attached hydrogens (tertiary/aromatic N) is 3. The van der Waals surface area contributed by atoms with E-state index in [2.05, 4.69) is 25.9 Å². The Morgan fingerprint density at radius 1 is 1.45 bits per heavy atom. The third kappa shape index (κ3) is 3.11. The fourth-order valence-electron chi connectivity index (χ4n) is 1.75. The number of aromatic nitrogens is 1. The molecule has 0 spiro atoms. The normalized spacial score (nSPS) is 18.7. The molecule has 22 heavy (non-hydrogen) atoms. The summed E-state index contributed by atoms with van der Waals surface area (Å²) in [6.45, 7) is 0. The largest absolute Gasteiger partial charge is 0.450 e. The molecule has 0 N–H and O–H groups in total. The molecule has 3 rings (SSSR count). The Balaban J connectivity index is 1.92. The Hall–Kier alpha value is -1.57. The zero-order chi connectivity index (χ0) is 15.7. The fourth-order valence-corrected chi connectivity index (χ4v) is 3.19. The number of amidine groups is 1. The molecule has 0 radical (unpaired) electrons. The van der Waals surface area contributed by atoms with Crippen molar-refractivity contribution < 1.29 is 9.21 Å². The molecule has 2 aromatic heterocycles. The summed E-state index contributed by atoms with van der Waals surface area (Å²) in [5.74, 6) is 0.459. The van der Waals surface area contributed by atoms with Crippen molar-refractivity contribution >= 4 is 62.1 Å². The molecule has 1 saturated heterocycles. The Bertz CT molecular complexity index is 803. The first-order valence-corrected chi connectivity index (χ1v) is 8.14. The molecule has 5 nitrogen and oxygen atoms in total. The quantitative estimate of drug-likeness (QED) is 0.707. The van der Waals surface area contributed by atoms with Crippen molar-refractivity contribution in [3.63, 3.8) is 0 Å². The molecule has 1 aliphatic rings. The summed E-state index contributed by atoms with van der Waals surface area (Å²) in [6.07, 6.45) is 4.80. The van der Waals surface area contributed by atoms with Gasteiger partial charge in [0.15, 0.2) is 9.84 Å². The summed E-state index contributed by atoms with van der Waals surface area (Å²) in [4.78, 5) is 22.6. The number of thioether (sulfide) groups is 1. The minimum Gasteiger partial charge on any atom is -0.450 e. The van der Waals surface area contributed by atoms with Crippen LogP contribution in [0.5, 0.6) is 0 Å². The maximum atomic E-state index is 12.3. The van der Waals surface area contributed by atoms with Gasteiger partial charge in [0.05, 0.1) is 15.6 Å². The summed E-state index contributed by atoms with van der Waals surface area (Å²) in [6, 6.07) is 5.24. The molecule has 1 amide bonds. The molecule has 8 heteroatoms. The van der Waals surface area contributed by atoms with Crippen LogP contribution in [-0.2, 0) is 4.79 Å². The Labute approximate surface area is 144 Å². The number of carbonyl (C=O) groups is 1. The molecule has 0 aromatic carbocycles. The number of carbonyl (C=O) groups excluding carboxylic acids is 1. The van der Waals surface area contributed by atoms with Crippen LogP contribution >= 0.6 is 39.3 Å². The van der Waals surface area contributed by atoms with E-state index in [-0.39, 0.29) is 5.91 Å². The van der Waals surface area contributed by atoms with Gasteiger partial charge in [-0.1, -0.05) is 11.6 Å². The Morgan fingerprint density at radius 2 is 2.27 bits per heavy atom. The van der Waals surface area contributed by atoms with Crippen molar-refractivity contribution in [2.75, 3.05) is 7.05 Å². The third-order valence-electron chi connectivity index (χ3n) is 2.84. The van der Waals surface area contributed by atoms with Gasteiger partial charge in [0.2, 0.25) is 0 Å². The van der Waals surface area contributed by atoms with Crippen LogP contribution in [0.25, 0.3) is 6.08 Å². The molecule has 0 bridgehead atoms. The van der Waals surface area contributed by atoms with Gasteiger partial charge in [-0.2, -0.15) is 0 Å². The molecule has 3 heterocycles. The number of furan rings is 1. The number of halogens is 2. The molecule has 0 atom stereocenters. The summed E-state index contributed by atoms with van der Waals surface area (Å²) in [5, 5.41) is 0.985. The molecular formula is C14H9BrClN3O2S. The highest BCUT2D eigenvalue weighted by Gasteiger charge is 2.30. The third-order valence-corrected chi connectivity index (χ3v) is 4.62. The van der Waals surface area contributed by atoms with Crippen molar-refractivity contribution in [1.82, 2.24) is 9.88 Å². The van der Waals surface area contributed by atoms with Crippen LogP contribution in [0.4, 0.5) is 5.69 Å². The number of likely N-dealkylation sites (N-methyl/N-ethyl adjacent to an activating group) is 1. The van der Waals surface area contributed by atoms with E-state index in [4.69, 9.17) is 16.0 Å². The number of hydrogen-bond acceptors (Lipinski definition) is 5. The Morgan fingerprint density at radius 3 is 2.95 bits per heavy atom. The topological polar surface area (TPSA) is 58.7 Å². The van der Waals surface area contributed by atoms with Gasteiger partial charge in [0.1, 0.15) is 5.76 Å². The smallest absolute Gasteiger partial charge is 0.266 e. The van der Waals surface area contributed by atoms with Crippen molar-refractivity contribution in [3.05, 3.63) is 51.0 Å². The average Bonchev–Trinajstić information content (AvgIpc) is 3.01. The van der Waals surface area contributed by atoms with E-state index in [1.54, 1.807) is 37.5 Å². The Kier molecular flexibility index (Phi) is 4.37. The lowest BCUT2D eigenvalue weighted by atomic mass is 10.3. The van der Waals surface area contributed by atoms with Gasteiger partial charge in [-0.15, -0.1) is 0 Å². The number of hydrogen-bond donors (Lipinski definition) is 0. The van der Waals surface area contributed by atoms with Gasteiger partial charge in [-0.05, 0) is 45.9 Å². The molecule has 1 aliphatic heterocycles. The van der Waals surface area contributed by atoms with Crippen LogP contribution in [0.15, 0.2) is 49.6 Å². The SMILES string of the molecule is CN1C(=O)/C(=C\c2ccc(Br)o2)SC1=Nc1ccncc1Cl. The first-order chi connectivity index (χ1) is 10.5. The van der Waals surface area contributed by atoms with E-state index in [1.165, 1.54) is 22.9 Å². The summed E-state index contributed by atoms with van der Waals surface area (Å²) >= 11 is 10.5. The first kappa shape index (κ1) is 15.3. The lowest BCUT2D eigenvalue weighted by molar-refractivity contribution is -0.121. The van der Waals surface area contributed by atoms with Crippen molar-refractivity contribution in [1.29, 1.82) is 0 Å². The van der Waals surface area contributed by atoms with Gasteiger partial charge in [0.25, 0.3) is 5.91 Å². The molecule has 1 fully saturated rings. The zero-order valence-corrected chi connectivity index (χ0v) is 14.4. The summed E-state index contributed by atoms with van der Waals surface area (Å²) in [5.41, 5.74) is 0.570. The molecule has 112 valence electrons. The lowest BCUT2D eigenvalue weighted by Crippen LogP contribution is -2.23. The predicted molar refractivity (Wildman–Crippen MR) is 91.1 cm³/mol. The van der Waals surface area contributed by atoms with Crippen molar-refractivity contribution in [2.45, 2.75) is 0 Å². The van der Waals surface area contributed by atoms with Crippen molar-refractivity contribution in [3.8, 4) is 0 Å². The second kappa shape index (κ2) is 6.28. The van der Waals surface area contributed by atoms with Crippen LogP contribution in [0.1, 0.15) is 5.76 Å². The number of amides is 1. The van der Waals surface area contributed by atoms with E-state index in [0.717, 1.165) is 0 Å².